The van der Waals surface area contributed by atoms with Crippen LogP contribution in [0.25, 0.3) is 0 Å². The highest BCUT2D eigenvalue weighted by molar-refractivity contribution is 5.81. The van der Waals surface area contributed by atoms with Gasteiger partial charge in [-0.05, 0) is 30.4 Å². The molecule has 0 radical (unpaired) electrons. The molecule has 1 rings (SSSR count). The summed E-state index contributed by atoms with van der Waals surface area (Å²) in [6, 6.07) is 6.22. The summed E-state index contributed by atoms with van der Waals surface area (Å²) in [7, 11) is 0. The number of benzene rings is 1. The van der Waals surface area contributed by atoms with Crippen molar-refractivity contribution in [1.29, 1.82) is 0 Å². The van der Waals surface area contributed by atoms with E-state index in [0.29, 0.717) is 18.3 Å². The lowest BCUT2D eigenvalue weighted by atomic mass is 9.93. The van der Waals surface area contributed by atoms with E-state index in [4.69, 9.17) is 4.74 Å². The Morgan fingerprint density at radius 2 is 1.76 bits per heavy atom. The maximum atomic E-state index is 13.6. The van der Waals surface area contributed by atoms with Crippen molar-refractivity contribution in [3.05, 3.63) is 30.1 Å². The van der Waals surface area contributed by atoms with E-state index < -0.39 is 11.9 Å². The van der Waals surface area contributed by atoms with E-state index in [1.807, 2.05) is 6.92 Å². The van der Waals surface area contributed by atoms with Gasteiger partial charge < -0.3 is 10.1 Å². The molecule has 1 atom stereocenters. The number of carbonyl (C=O) groups excluding carboxylic acids is 1. The monoisotopic (exact) mass is 295 g/mol. The molecule has 4 heteroatoms. The Morgan fingerprint density at radius 3 is 2.24 bits per heavy atom. The Hall–Kier alpha value is -1.58. The fraction of sp³-hybridized carbons (Fsp3) is 0.588. The van der Waals surface area contributed by atoms with Gasteiger partial charge in [0.15, 0.2) is 17.7 Å². The molecule has 0 fully saturated rings. The molecule has 1 aromatic carbocycles. The average molecular weight is 295 g/mol. The third kappa shape index (κ3) is 5.03. The summed E-state index contributed by atoms with van der Waals surface area (Å²) in [5, 5.41) is 3.02. The molecule has 1 unspecified atom stereocenters. The molecule has 0 bridgehead atoms. The molecule has 1 amide bonds. The first-order valence-electron chi connectivity index (χ1n) is 7.58. The molecule has 1 aromatic rings. The average Bonchev–Trinajstić information content (AvgIpc) is 2.42. The number of rotatable bonds is 7. The van der Waals surface area contributed by atoms with Crippen LogP contribution in [-0.4, -0.2) is 18.1 Å². The summed E-state index contributed by atoms with van der Waals surface area (Å²) in [6.45, 7) is 10.1. The highest BCUT2D eigenvalue weighted by atomic mass is 19.1. The van der Waals surface area contributed by atoms with E-state index in [-0.39, 0.29) is 17.7 Å². The number of amides is 1. The number of hydrogen-bond donors (Lipinski definition) is 1. The van der Waals surface area contributed by atoms with Crippen molar-refractivity contribution in [2.75, 3.05) is 0 Å². The third-order valence-electron chi connectivity index (χ3n) is 3.51. The summed E-state index contributed by atoms with van der Waals surface area (Å²) in [5.41, 5.74) is 0. The molecule has 0 saturated heterocycles. The largest absolute Gasteiger partial charge is 0.478 e. The second kappa shape index (κ2) is 8.01. The fourth-order valence-electron chi connectivity index (χ4n) is 2.38. The molecule has 118 valence electrons. The summed E-state index contributed by atoms with van der Waals surface area (Å²) >= 11 is 0. The Morgan fingerprint density at radius 1 is 1.19 bits per heavy atom. The van der Waals surface area contributed by atoms with Crippen LogP contribution in [0.5, 0.6) is 5.75 Å². The van der Waals surface area contributed by atoms with E-state index >= 15 is 0 Å². The van der Waals surface area contributed by atoms with Crippen molar-refractivity contribution >= 4 is 5.91 Å². The minimum absolute atomic E-state index is 0.0794. The fourth-order valence-corrected chi connectivity index (χ4v) is 2.38. The van der Waals surface area contributed by atoms with Crippen molar-refractivity contribution in [2.24, 2.45) is 11.8 Å². The van der Waals surface area contributed by atoms with Gasteiger partial charge in [0.1, 0.15) is 0 Å². The van der Waals surface area contributed by atoms with Crippen molar-refractivity contribution in [3.63, 3.8) is 0 Å². The third-order valence-corrected chi connectivity index (χ3v) is 3.51. The maximum Gasteiger partial charge on any atom is 0.261 e. The van der Waals surface area contributed by atoms with E-state index in [9.17, 15) is 9.18 Å². The molecule has 0 aliphatic heterocycles. The van der Waals surface area contributed by atoms with E-state index in [0.717, 1.165) is 0 Å². The molecule has 0 aliphatic carbocycles. The number of halogens is 1. The van der Waals surface area contributed by atoms with Crippen molar-refractivity contribution < 1.29 is 13.9 Å². The van der Waals surface area contributed by atoms with Crippen LogP contribution in [-0.2, 0) is 4.79 Å². The van der Waals surface area contributed by atoms with Gasteiger partial charge in [-0.25, -0.2) is 4.39 Å². The molecule has 0 aliphatic rings. The highest BCUT2D eigenvalue weighted by Crippen LogP contribution is 2.19. The first kappa shape index (κ1) is 17.5. The Kier molecular flexibility index (Phi) is 6.66. The normalized spacial score (nSPS) is 12.8. The van der Waals surface area contributed by atoms with Gasteiger partial charge >= 0.3 is 0 Å². The minimum atomic E-state index is -0.679. The van der Waals surface area contributed by atoms with Crippen LogP contribution in [0.3, 0.4) is 0 Å². The molecule has 0 spiro atoms. The molecule has 0 heterocycles. The van der Waals surface area contributed by atoms with Gasteiger partial charge in [0.2, 0.25) is 0 Å². The maximum absolute atomic E-state index is 13.6. The van der Waals surface area contributed by atoms with E-state index in [2.05, 4.69) is 33.0 Å². The Bertz CT molecular complexity index is 452. The summed E-state index contributed by atoms with van der Waals surface area (Å²) in [6.07, 6.45) is -0.190. The standard InChI is InChI=1S/C17H26FNO2/c1-6-14(21-15-10-8-7-9-13(15)18)17(20)19-16(11(2)3)12(4)5/h7-12,14,16H,6H2,1-5H3,(H,19,20). The molecule has 0 aromatic heterocycles. The van der Waals surface area contributed by atoms with Gasteiger partial charge in [-0.3, -0.25) is 4.79 Å². The lowest BCUT2D eigenvalue weighted by molar-refractivity contribution is -0.129. The number of carbonyl (C=O) groups is 1. The van der Waals surface area contributed by atoms with Gasteiger partial charge in [-0.2, -0.15) is 0 Å². The molecule has 0 saturated carbocycles. The van der Waals surface area contributed by atoms with Crippen LogP contribution < -0.4 is 10.1 Å². The number of para-hydroxylation sites is 1. The Balaban J connectivity index is 2.76. The first-order chi connectivity index (χ1) is 9.86. The molecule has 3 nitrogen and oxygen atoms in total. The zero-order valence-corrected chi connectivity index (χ0v) is 13.5. The van der Waals surface area contributed by atoms with Gasteiger partial charge in [-0.1, -0.05) is 46.8 Å². The zero-order valence-electron chi connectivity index (χ0n) is 13.5. The van der Waals surface area contributed by atoms with Crippen molar-refractivity contribution in [2.45, 2.75) is 53.2 Å². The number of nitrogens with one attached hydrogen (secondary N) is 1. The van der Waals surface area contributed by atoms with Gasteiger partial charge in [0.25, 0.3) is 5.91 Å². The Labute approximate surface area is 126 Å². The first-order valence-corrected chi connectivity index (χ1v) is 7.58. The van der Waals surface area contributed by atoms with E-state index in [1.54, 1.807) is 12.1 Å². The second-order valence-electron chi connectivity index (χ2n) is 5.97. The predicted octanol–water partition coefficient (Wildman–Crippen LogP) is 3.78. The second-order valence-corrected chi connectivity index (χ2v) is 5.97. The number of hydrogen-bond acceptors (Lipinski definition) is 2. The predicted molar refractivity (Wildman–Crippen MR) is 82.7 cm³/mol. The topological polar surface area (TPSA) is 38.3 Å². The van der Waals surface area contributed by atoms with Crippen LogP contribution in [0.2, 0.25) is 0 Å². The summed E-state index contributed by atoms with van der Waals surface area (Å²) in [5.74, 6) is 0.145. The van der Waals surface area contributed by atoms with Crippen LogP contribution in [0, 0.1) is 17.7 Å². The van der Waals surface area contributed by atoms with Crippen molar-refractivity contribution in [3.8, 4) is 5.75 Å². The molecular formula is C17H26FNO2. The summed E-state index contributed by atoms with van der Waals surface area (Å²) in [4.78, 5) is 12.4. The van der Waals surface area contributed by atoms with Gasteiger partial charge in [-0.15, -0.1) is 0 Å². The van der Waals surface area contributed by atoms with Crippen LogP contribution in [0.4, 0.5) is 4.39 Å². The smallest absolute Gasteiger partial charge is 0.261 e. The lowest BCUT2D eigenvalue weighted by Gasteiger charge is -2.28. The van der Waals surface area contributed by atoms with Gasteiger partial charge in [0, 0.05) is 6.04 Å². The zero-order chi connectivity index (χ0) is 16.0. The quantitative estimate of drug-likeness (QED) is 0.831. The van der Waals surface area contributed by atoms with Crippen LogP contribution in [0.15, 0.2) is 24.3 Å². The molecule has 1 N–H and O–H groups in total. The van der Waals surface area contributed by atoms with E-state index in [1.165, 1.54) is 12.1 Å². The summed E-state index contributed by atoms with van der Waals surface area (Å²) < 4.78 is 19.1. The molecular weight excluding hydrogens is 269 g/mol. The highest BCUT2D eigenvalue weighted by Gasteiger charge is 2.25. The lowest BCUT2D eigenvalue weighted by Crippen LogP contribution is -2.48. The van der Waals surface area contributed by atoms with Gasteiger partial charge in [0.05, 0.1) is 0 Å². The van der Waals surface area contributed by atoms with Crippen LogP contribution >= 0.6 is 0 Å². The van der Waals surface area contributed by atoms with Crippen LogP contribution in [0.1, 0.15) is 41.0 Å². The number of ether oxygens (including phenoxy) is 1. The SMILES string of the molecule is CCC(Oc1ccccc1F)C(=O)NC(C(C)C)C(C)C. The minimum Gasteiger partial charge on any atom is -0.478 e. The molecule has 21 heavy (non-hydrogen) atoms. The van der Waals surface area contributed by atoms with Crippen molar-refractivity contribution in [1.82, 2.24) is 5.32 Å².